The predicted molar refractivity (Wildman–Crippen MR) is 169 cm³/mol. The summed E-state index contributed by atoms with van der Waals surface area (Å²) in [4.78, 5) is 17.6. The van der Waals surface area contributed by atoms with E-state index in [2.05, 4.69) is 17.4 Å². The average Bonchev–Trinajstić information content (AvgIpc) is 3.64. The molecule has 3 aromatic rings. The first-order valence-corrected chi connectivity index (χ1v) is 17.3. The molecule has 1 N–H and O–H groups in total. The van der Waals surface area contributed by atoms with E-state index in [-0.39, 0.29) is 42.1 Å². The van der Waals surface area contributed by atoms with Crippen LogP contribution in [0.5, 0.6) is 0 Å². The lowest BCUT2D eigenvalue weighted by molar-refractivity contribution is -0.155. The van der Waals surface area contributed by atoms with Crippen molar-refractivity contribution in [3.8, 4) is 0 Å². The van der Waals surface area contributed by atoms with Crippen molar-refractivity contribution in [1.82, 2.24) is 9.62 Å². The van der Waals surface area contributed by atoms with Gasteiger partial charge < -0.3 is 4.90 Å². The Balaban J connectivity index is 1.53. The summed E-state index contributed by atoms with van der Waals surface area (Å²) >= 11 is 14.3. The molecule has 218 valence electrons. The molecule has 0 bridgehead atoms. The van der Waals surface area contributed by atoms with Gasteiger partial charge in [0.2, 0.25) is 15.9 Å². The lowest BCUT2D eigenvalue weighted by atomic mass is 9.67. The monoisotopic (exact) mass is 630 g/mol. The summed E-state index contributed by atoms with van der Waals surface area (Å²) in [6, 6.07) is 18.9. The van der Waals surface area contributed by atoms with E-state index in [0.717, 1.165) is 28.8 Å². The average molecular weight is 632 g/mol. The highest BCUT2D eigenvalue weighted by atomic mass is 35.5. The van der Waals surface area contributed by atoms with Gasteiger partial charge in [0.25, 0.3) is 0 Å². The van der Waals surface area contributed by atoms with Crippen LogP contribution in [0.3, 0.4) is 0 Å². The second-order valence-electron chi connectivity index (χ2n) is 11.5. The molecular formula is C32H36Cl2N2O3S2. The Bertz CT molecular complexity index is 1470. The largest absolute Gasteiger partial charge is 0.331 e. The first kappa shape index (κ1) is 30.3. The van der Waals surface area contributed by atoms with E-state index in [9.17, 15) is 13.2 Å². The third-order valence-corrected chi connectivity index (χ3v) is 11.2. The first-order chi connectivity index (χ1) is 19.6. The lowest BCUT2D eigenvalue weighted by Gasteiger charge is -2.52. The quantitative estimate of drug-likeness (QED) is 0.206. The van der Waals surface area contributed by atoms with Crippen molar-refractivity contribution in [2.45, 2.75) is 63.6 Å². The number of carbonyl (C=O) groups is 1. The molecule has 1 saturated heterocycles. The molecule has 1 amide bonds. The summed E-state index contributed by atoms with van der Waals surface area (Å²) in [5.41, 5.74) is 1.36. The Morgan fingerprint density at radius 1 is 1.10 bits per heavy atom. The summed E-state index contributed by atoms with van der Waals surface area (Å²) in [5, 5.41) is 3.20. The molecule has 0 unspecified atom stereocenters. The van der Waals surface area contributed by atoms with Gasteiger partial charge in [-0.3, -0.25) is 4.79 Å². The van der Waals surface area contributed by atoms with Crippen LogP contribution in [0.2, 0.25) is 10.0 Å². The molecule has 2 fully saturated rings. The summed E-state index contributed by atoms with van der Waals surface area (Å²) in [6.45, 7) is 6.26. The van der Waals surface area contributed by atoms with E-state index < -0.39 is 15.4 Å². The summed E-state index contributed by atoms with van der Waals surface area (Å²) in [5.74, 6) is 0.215. The van der Waals surface area contributed by atoms with Crippen LogP contribution >= 0.6 is 34.5 Å². The maximum absolute atomic E-state index is 14.6. The van der Waals surface area contributed by atoms with Gasteiger partial charge in [0.1, 0.15) is 0 Å². The summed E-state index contributed by atoms with van der Waals surface area (Å²) in [7, 11) is -3.54. The van der Waals surface area contributed by atoms with Crippen LogP contribution in [0.25, 0.3) is 0 Å². The van der Waals surface area contributed by atoms with E-state index in [0.29, 0.717) is 29.3 Å². The minimum atomic E-state index is -3.54. The second-order valence-corrected chi connectivity index (χ2v) is 15.4. The van der Waals surface area contributed by atoms with Crippen molar-refractivity contribution in [2.75, 3.05) is 5.75 Å². The van der Waals surface area contributed by atoms with E-state index in [1.54, 1.807) is 0 Å². The van der Waals surface area contributed by atoms with E-state index in [1.165, 1.54) is 11.3 Å². The molecule has 1 aliphatic heterocycles. The topological polar surface area (TPSA) is 66.5 Å². The number of carbonyl (C=O) groups excluding carboxylic acids is 1. The van der Waals surface area contributed by atoms with Crippen molar-refractivity contribution in [3.63, 3.8) is 0 Å². The number of halogens is 2. The number of nitrogens with one attached hydrogen (secondary N) is 1. The number of benzene rings is 2. The van der Waals surface area contributed by atoms with Crippen molar-refractivity contribution in [1.29, 1.82) is 0 Å². The van der Waals surface area contributed by atoms with Crippen molar-refractivity contribution in [3.05, 3.63) is 105 Å². The van der Waals surface area contributed by atoms with Gasteiger partial charge in [0.05, 0.1) is 17.2 Å². The minimum Gasteiger partial charge on any atom is -0.331 e. The fourth-order valence-corrected chi connectivity index (χ4v) is 8.41. The molecule has 1 saturated carbocycles. The zero-order chi connectivity index (χ0) is 29.2. The van der Waals surface area contributed by atoms with Gasteiger partial charge in [-0.15, -0.1) is 17.9 Å². The first-order valence-electron chi connectivity index (χ1n) is 14.0. The van der Waals surface area contributed by atoms with Gasteiger partial charge in [-0.2, -0.15) is 0 Å². The molecule has 2 aromatic carbocycles. The highest BCUT2D eigenvalue weighted by Crippen LogP contribution is 2.54. The van der Waals surface area contributed by atoms with E-state index >= 15 is 0 Å². The van der Waals surface area contributed by atoms with Gasteiger partial charge in [-0.25, -0.2) is 13.1 Å². The molecule has 2 aliphatic rings. The Morgan fingerprint density at radius 2 is 1.85 bits per heavy atom. The van der Waals surface area contributed by atoms with Crippen LogP contribution in [0.15, 0.2) is 78.7 Å². The van der Waals surface area contributed by atoms with Gasteiger partial charge in [0, 0.05) is 33.4 Å². The molecule has 4 atom stereocenters. The molecule has 1 aromatic heterocycles. The Kier molecular flexibility index (Phi) is 9.31. The Morgan fingerprint density at radius 3 is 2.49 bits per heavy atom. The molecular weight excluding hydrogens is 595 g/mol. The molecule has 5 rings (SSSR count). The molecule has 1 aliphatic carbocycles. The number of allylic oxidation sites excluding steroid dienone is 1. The molecule has 2 heterocycles. The van der Waals surface area contributed by atoms with Crippen LogP contribution in [0.4, 0.5) is 0 Å². The maximum Gasteiger partial charge on any atom is 0.229 e. The summed E-state index contributed by atoms with van der Waals surface area (Å²) in [6.07, 6.45) is 5.30. The van der Waals surface area contributed by atoms with Crippen LogP contribution in [0, 0.1) is 11.3 Å². The standard InChI is InChI=1S/C32H36Cl2N2O3S2/c1-3-16-32(2)20-28(24-6-4-7-26(34)19-24)30(23-11-13-25(33)14-12-23)36(31(32)37)29(22-9-10-22)15-18-41(38,39)35-21-27-8-5-17-40-27/h3-8,11-14,17,19,22,28-30,35H,1,9-10,15-16,18,20-21H2,2H3/t28-,29+,30-,32+/m1/s1. The van der Waals surface area contributed by atoms with Gasteiger partial charge >= 0.3 is 0 Å². The zero-order valence-corrected chi connectivity index (χ0v) is 26.3. The third-order valence-electron chi connectivity index (χ3n) is 8.44. The number of hydrogen-bond acceptors (Lipinski definition) is 4. The second kappa shape index (κ2) is 12.6. The van der Waals surface area contributed by atoms with E-state index in [4.69, 9.17) is 23.2 Å². The molecule has 0 spiro atoms. The normalized spacial score (nSPS) is 23.9. The van der Waals surface area contributed by atoms with Crippen LogP contribution in [-0.2, 0) is 21.4 Å². The Hall–Kier alpha value is -2.16. The van der Waals surface area contributed by atoms with Crippen LogP contribution in [-0.4, -0.2) is 31.0 Å². The molecule has 41 heavy (non-hydrogen) atoms. The minimum absolute atomic E-state index is 0.0450. The number of amides is 1. The lowest BCUT2D eigenvalue weighted by Crippen LogP contribution is -2.56. The number of hydrogen-bond donors (Lipinski definition) is 1. The maximum atomic E-state index is 14.6. The van der Waals surface area contributed by atoms with Gasteiger partial charge in [0.15, 0.2) is 0 Å². The summed E-state index contributed by atoms with van der Waals surface area (Å²) < 4.78 is 29.0. The number of thiophene rings is 1. The number of piperidine rings is 1. The molecule has 5 nitrogen and oxygen atoms in total. The SMILES string of the molecule is C=CC[C@@]1(C)C[C@H](c2cccc(Cl)c2)[C@@H](c2ccc(Cl)cc2)N([C@@H](CCS(=O)(=O)NCc2cccs2)C2CC2)C1=O. The van der Waals surface area contributed by atoms with Gasteiger partial charge in [-0.05, 0) is 84.9 Å². The van der Waals surface area contributed by atoms with Gasteiger partial charge in [-0.1, -0.05) is 66.5 Å². The fourth-order valence-electron chi connectivity index (χ4n) is 6.28. The molecule has 0 radical (unpaired) electrons. The smallest absolute Gasteiger partial charge is 0.229 e. The number of nitrogens with zero attached hydrogens (tertiary/aromatic N) is 1. The number of sulfonamides is 1. The Labute approximate surface area is 257 Å². The van der Waals surface area contributed by atoms with Crippen molar-refractivity contribution < 1.29 is 13.2 Å². The number of likely N-dealkylation sites (tertiary alicyclic amines) is 1. The molecule has 9 heteroatoms. The highest BCUT2D eigenvalue weighted by Gasteiger charge is 2.53. The van der Waals surface area contributed by atoms with Crippen molar-refractivity contribution in [2.24, 2.45) is 11.3 Å². The number of rotatable bonds is 12. The van der Waals surface area contributed by atoms with Crippen molar-refractivity contribution >= 4 is 50.5 Å². The van der Waals surface area contributed by atoms with Crippen LogP contribution < -0.4 is 4.72 Å². The fraction of sp³-hybridized carbons (Fsp3) is 0.406. The highest BCUT2D eigenvalue weighted by molar-refractivity contribution is 7.89. The van der Waals surface area contributed by atoms with E-state index in [1.807, 2.05) is 77.9 Å². The van der Waals surface area contributed by atoms with Crippen LogP contribution in [0.1, 0.15) is 67.0 Å². The predicted octanol–water partition coefficient (Wildman–Crippen LogP) is 7.98. The third kappa shape index (κ3) is 7.08. The zero-order valence-electron chi connectivity index (χ0n) is 23.1.